The molecule has 102 valence electrons. The van der Waals surface area contributed by atoms with Crippen LogP contribution in [0.2, 0.25) is 5.02 Å². The summed E-state index contributed by atoms with van der Waals surface area (Å²) in [6, 6.07) is 9.05. The third-order valence-electron chi connectivity index (χ3n) is 2.27. The summed E-state index contributed by atoms with van der Waals surface area (Å²) in [6.07, 6.45) is 1.15. The molecule has 8 heteroatoms. The van der Waals surface area contributed by atoms with E-state index < -0.39 is 16.7 Å². The van der Waals surface area contributed by atoms with Crippen molar-refractivity contribution in [1.82, 2.24) is 5.43 Å². The van der Waals surface area contributed by atoms with E-state index in [1.54, 1.807) is 24.3 Å². The zero-order valence-electron chi connectivity index (χ0n) is 9.95. The molecule has 0 spiro atoms. The summed E-state index contributed by atoms with van der Waals surface area (Å²) in [5.41, 5.74) is 2.52. The Labute approximate surface area is 118 Å². The van der Waals surface area contributed by atoms with Gasteiger partial charge in [-0.1, -0.05) is 23.7 Å². The van der Waals surface area contributed by atoms with Gasteiger partial charge in [0.05, 0.1) is 22.9 Å². The molecule has 0 aliphatic carbocycles. The summed E-state index contributed by atoms with van der Waals surface area (Å²) in [5.74, 6) is -0.743. The number of nitrogens with one attached hydrogen (secondary N) is 1. The molecular weight excluding hydrogens is 286 g/mol. The number of benzene rings is 1. The van der Waals surface area contributed by atoms with Crippen LogP contribution in [0.3, 0.4) is 0 Å². The molecule has 0 atom stereocenters. The minimum atomic E-state index is -0.667. The smallest absolute Gasteiger partial charge is 0.400 e. The fourth-order valence-corrected chi connectivity index (χ4v) is 1.59. The first-order chi connectivity index (χ1) is 9.58. The van der Waals surface area contributed by atoms with Crippen molar-refractivity contribution in [2.75, 3.05) is 0 Å². The topological polar surface area (TPSA) is 97.7 Å². The second kappa shape index (κ2) is 5.98. The van der Waals surface area contributed by atoms with Crippen LogP contribution in [-0.4, -0.2) is 17.0 Å². The zero-order valence-corrected chi connectivity index (χ0v) is 10.7. The van der Waals surface area contributed by atoms with E-state index in [2.05, 4.69) is 10.5 Å². The van der Waals surface area contributed by atoms with Crippen LogP contribution >= 0.6 is 11.6 Å². The molecule has 1 amide bonds. The number of hydrazone groups is 1. The van der Waals surface area contributed by atoms with E-state index in [1.165, 1.54) is 12.1 Å². The van der Waals surface area contributed by atoms with Crippen LogP contribution in [0.25, 0.3) is 0 Å². The molecule has 2 rings (SSSR count). The van der Waals surface area contributed by atoms with E-state index >= 15 is 0 Å². The fraction of sp³-hybridized carbons (Fsp3) is 0. The maximum Gasteiger partial charge on any atom is 0.433 e. The van der Waals surface area contributed by atoms with Crippen molar-refractivity contribution in [3.63, 3.8) is 0 Å². The van der Waals surface area contributed by atoms with Gasteiger partial charge in [-0.05, 0) is 18.2 Å². The lowest BCUT2D eigenvalue weighted by Gasteiger charge is -2.00. The minimum absolute atomic E-state index is 0.149. The molecule has 0 fully saturated rings. The maximum absolute atomic E-state index is 11.7. The van der Waals surface area contributed by atoms with Crippen LogP contribution < -0.4 is 5.43 Å². The Kier molecular flexibility index (Phi) is 4.11. The Bertz CT molecular complexity index is 681. The molecule has 1 N–H and O–H groups in total. The Hall–Kier alpha value is -2.67. The van der Waals surface area contributed by atoms with Gasteiger partial charge < -0.3 is 4.42 Å². The van der Waals surface area contributed by atoms with Gasteiger partial charge >= 0.3 is 5.88 Å². The molecule has 0 saturated carbocycles. The van der Waals surface area contributed by atoms with Gasteiger partial charge in [-0.2, -0.15) is 5.10 Å². The molecule has 1 aromatic heterocycles. The van der Waals surface area contributed by atoms with Gasteiger partial charge in [-0.3, -0.25) is 14.9 Å². The van der Waals surface area contributed by atoms with Crippen molar-refractivity contribution in [1.29, 1.82) is 0 Å². The number of carbonyl (C=O) groups excluding carboxylic acids is 1. The van der Waals surface area contributed by atoms with E-state index in [-0.39, 0.29) is 11.3 Å². The van der Waals surface area contributed by atoms with Gasteiger partial charge in [0.15, 0.2) is 5.76 Å². The number of carbonyl (C=O) groups is 1. The van der Waals surface area contributed by atoms with Crippen molar-refractivity contribution in [2.24, 2.45) is 5.10 Å². The lowest BCUT2D eigenvalue weighted by atomic mass is 10.2. The fourth-order valence-electron chi connectivity index (χ4n) is 1.37. The SMILES string of the molecule is O=C(N/N=C\c1ccc([N+](=O)[O-])o1)c1ccccc1Cl. The monoisotopic (exact) mass is 293 g/mol. The van der Waals surface area contributed by atoms with Gasteiger partial charge in [0.1, 0.15) is 4.92 Å². The molecule has 0 aliphatic heterocycles. The average Bonchev–Trinajstić information content (AvgIpc) is 2.88. The first kappa shape index (κ1) is 13.8. The second-order valence-corrected chi connectivity index (χ2v) is 4.02. The van der Waals surface area contributed by atoms with Crippen LogP contribution in [0.5, 0.6) is 0 Å². The average molecular weight is 294 g/mol. The predicted molar refractivity (Wildman–Crippen MR) is 71.9 cm³/mol. The first-order valence-corrected chi connectivity index (χ1v) is 5.78. The van der Waals surface area contributed by atoms with E-state index in [4.69, 9.17) is 16.0 Å². The molecule has 1 aromatic carbocycles. The van der Waals surface area contributed by atoms with Gasteiger partial charge in [0.2, 0.25) is 0 Å². The van der Waals surface area contributed by atoms with Crippen molar-refractivity contribution in [3.8, 4) is 0 Å². The second-order valence-electron chi connectivity index (χ2n) is 3.61. The molecule has 0 saturated heterocycles. The van der Waals surface area contributed by atoms with Crippen LogP contribution in [0, 0.1) is 10.1 Å². The lowest BCUT2D eigenvalue weighted by molar-refractivity contribution is -0.402. The van der Waals surface area contributed by atoms with Gasteiger partial charge in [0.25, 0.3) is 5.91 Å². The highest BCUT2D eigenvalue weighted by atomic mass is 35.5. The largest absolute Gasteiger partial charge is 0.433 e. The lowest BCUT2D eigenvalue weighted by Crippen LogP contribution is -2.17. The Morgan fingerprint density at radius 3 is 2.75 bits per heavy atom. The quantitative estimate of drug-likeness (QED) is 0.532. The summed E-state index contributed by atoms with van der Waals surface area (Å²) >= 11 is 5.85. The first-order valence-electron chi connectivity index (χ1n) is 5.40. The number of nitrogens with zero attached hydrogens (tertiary/aromatic N) is 2. The van der Waals surface area contributed by atoms with Crippen molar-refractivity contribution in [3.05, 3.63) is 62.9 Å². The molecule has 0 unspecified atom stereocenters. The Balaban J connectivity index is 2.01. The third kappa shape index (κ3) is 3.21. The minimum Gasteiger partial charge on any atom is -0.400 e. The zero-order chi connectivity index (χ0) is 14.5. The summed E-state index contributed by atoms with van der Waals surface area (Å²) in [7, 11) is 0. The highest BCUT2D eigenvalue weighted by Crippen LogP contribution is 2.15. The summed E-state index contributed by atoms with van der Waals surface area (Å²) < 4.78 is 4.83. The van der Waals surface area contributed by atoms with E-state index in [0.29, 0.717) is 5.02 Å². The Morgan fingerprint density at radius 2 is 2.10 bits per heavy atom. The number of halogens is 1. The maximum atomic E-state index is 11.7. The number of hydrogen-bond donors (Lipinski definition) is 1. The standard InChI is InChI=1S/C12H8ClN3O4/c13-10-4-2-1-3-9(10)12(17)15-14-7-8-5-6-11(20-8)16(18)19/h1-7H,(H,15,17)/b14-7-. The van der Waals surface area contributed by atoms with Crippen LogP contribution in [0.4, 0.5) is 5.88 Å². The van der Waals surface area contributed by atoms with Crippen molar-refractivity contribution >= 4 is 29.6 Å². The molecule has 0 radical (unpaired) electrons. The summed E-state index contributed by atoms with van der Waals surface area (Å²) in [4.78, 5) is 21.5. The molecule has 2 aromatic rings. The van der Waals surface area contributed by atoms with Crippen molar-refractivity contribution in [2.45, 2.75) is 0 Å². The van der Waals surface area contributed by atoms with E-state index in [1.807, 2.05) is 0 Å². The number of amides is 1. The molecule has 0 aliphatic rings. The molecule has 20 heavy (non-hydrogen) atoms. The Morgan fingerprint density at radius 1 is 1.35 bits per heavy atom. The molecular formula is C12H8ClN3O4. The van der Waals surface area contributed by atoms with Crippen molar-refractivity contribution < 1.29 is 14.1 Å². The van der Waals surface area contributed by atoms with Gasteiger partial charge in [-0.15, -0.1) is 0 Å². The molecule has 0 bridgehead atoms. The van der Waals surface area contributed by atoms with Gasteiger partial charge in [-0.25, -0.2) is 5.43 Å². The normalized spacial score (nSPS) is 10.7. The molecule has 7 nitrogen and oxygen atoms in total. The third-order valence-corrected chi connectivity index (χ3v) is 2.60. The highest BCUT2D eigenvalue weighted by Gasteiger charge is 2.11. The number of furan rings is 1. The molecule has 1 heterocycles. The van der Waals surface area contributed by atoms with Crippen LogP contribution in [-0.2, 0) is 0 Å². The number of nitro groups is 1. The summed E-state index contributed by atoms with van der Waals surface area (Å²) in [6.45, 7) is 0. The summed E-state index contributed by atoms with van der Waals surface area (Å²) in [5, 5.41) is 14.3. The van der Waals surface area contributed by atoms with Crippen LogP contribution in [0.1, 0.15) is 16.1 Å². The van der Waals surface area contributed by atoms with Gasteiger partial charge in [0, 0.05) is 0 Å². The highest BCUT2D eigenvalue weighted by molar-refractivity contribution is 6.33. The van der Waals surface area contributed by atoms with E-state index in [0.717, 1.165) is 6.21 Å². The predicted octanol–water partition coefficient (Wildman–Crippen LogP) is 2.61. The van der Waals surface area contributed by atoms with Crippen LogP contribution in [0.15, 0.2) is 45.9 Å². The number of rotatable bonds is 4. The number of hydrogen-bond acceptors (Lipinski definition) is 5. The van der Waals surface area contributed by atoms with E-state index in [9.17, 15) is 14.9 Å².